The van der Waals surface area contributed by atoms with Crippen molar-refractivity contribution in [2.75, 3.05) is 18.4 Å². The van der Waals surface area contributed by atoms with Crippen LogP contribution in [0.3, 0.4) is 0 Å². The lowest BCUT2D eigenvalue weighted by atomic mass is 10.1. The van der Waals surface area contributed by atoms with Gasteiger partial charge in [-0.1, -0.05) is 0 Å². The van der Waals surface area contributed by atoms with Crippen molar-refractivity contribution in [3.05, 3.63) is 23.5 Å². The smallest absolute Gasteiger partial charge is 0.0606 e. The zero-order valence-corrected chi connectivity index (χ0v) is 8.80. The molecule has 0 bridgehead atoms. The quantitative estimate of drug-likeness (QED) is 0.743. The van der Waals surface area contributed by atoms with E-state index in [9.17, 15) is 0 Å². The number of rotatable bonds is 2. The summed E-state index contributed by atoms with van der Waals surface area (Å²) in [6.07, 6.45) is 3.07. The average molecular weight is 191 g/mol. The van der Waals surface area contributed by atoms with Crippen LogP contribution in [0.15, 0.2) is 12.3 Å². The second kappa shape index (κ2) is 3.96. The molecule has 0 radical (unpaired) electrons. The summed E-state index contributed by atoms with van der Waals surface area (Å²) in [7, 11) is 0. The van der Waals surface area contributed by atoms with Gasteiger partial charge in [0.15, 0.2) is 0 Å². The third-order valence-electron chi connectivity index (χ3n) is 2.76. The summed E-state index contributed by atoms with van der Waals surface area (Å²) < 4.78 is 0. The Hall–Kier alpha value is -1.09. The second-order valence-corrected chi connectivity index (χ2v) is 3.92. The van der Waals surface area contributed by atoms with Gasteiger partial charge in [-0.05, 0) is 38.4 Å². The summed E-state index contributed by atoms with van der Waals surface area (Å²) in [6.45, 7) is 6.36. The van der Waals surface area contributed by atoms with E-state index in [0.29, 0.717) is 6.04 Å². The van der Waals surface area contributed by atoms with Crippen molar-refractivity contribution in [2.45, 2.75) is 26.3 Å². The Morgan fingerprint density at radius 3 is 3.00 bits per heavy atom. The minimum atomic E-state index is 0.566. The summed E-state index contributed by atoms with van der Waals surface area (Å²) in [5.41, 5.74) is 3.59. The second-order valence-electron chi connectivity index (χ2n) is 3.92. The van der Waals surface area contributed by atoms with Gasteiger partial charge in [-0.2, -0.15) is 0 Å². The molecule has 1 aliphatic rings. The third kappa shape index (κ3) is 1.87. The zero-order chi connectivity index (χ0) is 9.97. The van der Waals surface area contributed by atoms with E-state index in [1.807, 2.05) is 6.20 Å². The number of aryl methyl sites for hydroxylation is 2. The molecule has 0 aromatic carbocycles. The normalized spacial score (nSPS) is 21.1. The van der Waals surface area contributed by atoms with Crippen LogP contribution in [0.4, 0.5) is 5.69 Å². The molecule has 3 heteroatoms. The summed E-state index contributed by atoms with van der Waals surface area (Å²) in [5, 5.41) is 6.90. The van der Waals surface area contributed by atoms with Gasteiger partial charge in [0.25, 0.3) is 0 Å². The van der Waals surface area contributed by atoms with E-state index in [-0.39, 0.29) is 0 Å². The van der Waals surface area contributed by atoms with E-state index in [1.165, 1.54) is 17.7 Å². The first-order valence-electron chi connectivity index (χ1n) is 5.17. The van der Waals surface area contributed by atoms with Crippen LogP contribution < -0.4 is 10.6 Å². The number of anilines is 1. The van der Waals surface area contributed by atoms with Crippen LogP contribution in [-0.4, -0.2) is 24.1 Å². The number of nitrogens with zero attached hydrogens (tertiary/aromatic N) is 1. The molecule has 1 aromatic rings. The molecule has 1 aliphatic heterocycles. The molecule has 2 N–H and O–H groups in total. The fourth-order valence-corrected chi connectivity index (χ4v) is 1.89. The number of pyridine rings is 1. The Kier molecular flexibility index (Phi) is 2.68. The highest BCUT2D eigenvalue weighted by Gasteiger charge is 2.15. The highest BCUT2D eigenvalue weighted by molar-refractivity contribution is 5.54. The lowest BCUT2D eigenvalue weighted by molar-refractivity contribution is 0.789. The molecule has 1 saturated heterocycles. The van der Waals surface area contributed by atoms with Crippen LogP contribution in [0.25, 0.3) is 0 Å². The Morgan fingerprint density at radius 1 is 1.50 bits per heavy atom. The van der Waals surface area contributed by atoms with Crippen molar-refractivity contribution in [3.63, 3.8) is 0 Å². The number of nitrogens with one attached hydrogen (secondary N) is 2. The largest absolute Gasteiger partial charge is 0.379 e. The molecular weight excluding hydrogens is 174 g/mol. The first-order valence-corrected chi connectivity index (χ1v) is 5.17. The Bertz CT molecular complexity index is 296. The van der Waals surface area contributed by atoms with Gasteiger partial charge in [-0.25, -0.2) is 0 Å². The number of hydrogen-bond acceptors (Lipinski definition) is 3. The van der Waals surface area contributed by atoms with E-state index < -0.39 is 0 Å². The lowest BCUT2D eigenvalue weighted by Gasteiger charge is -2.16. The molecule has 1 aromatic heterocycles. The molecule has 1 unspecified atom stereocenters. The van der Waals surface area contributed by atoms with Crippen molar-refractivity contribution >= 4 is 5.69 Å². The third-order valence-corrected chi connectivity index (χ3v) is 2.76. The van der Waals surface area contributed by atoms with E-state index >= 15 is 0 Å². The molecular formula is C11H17N3. The van der Waals surface area contributed by atoms with E-state index in [1.54, 1.807) is 0 Å². The maximum absolute atomic E-state index is 4.30. The summed E-state index contributed by atoms with van der Waals surface area (Å²) >= 11 is 0. The zero-order valence-electron chi connectivity index (χ0n) is 8.80. The topological polar surface area (TPSA) is 37.0 Å². The highest BCUT2D eigenvalue weighted by atomic mass is 15.0. The fraction of sp³-hybridized carbons (Fsp3) is 0.545. The van der Waals surface area contributed by atoms with Gasteiger partial charge in [0.1, 0.15) is 0 Å². The van der Waals surface area contributed by atoms with Crippen LogP contribution in [0, 0.1) is 13.8 Å². The molecule has 0 spiro atoms. The monoisotopic (exact) mass is 191 g/mol. The molecule has 0 saturated carbocycles. The Labute approximate surface area is 84.9 Å². The fourth-order valence-electron chi connectivity index (χ4n) is 1.89. The van der Waals surface area contributed by atoms with E-state index in [4.69, 9.17) is 0 Å². The average Bonchev–Trinajstić information content (AvgIpc) is 2.64. The molecule has 2 heterocycles. The predicted molar refractivity (Wildman–Crippen MR) is 58.6 cm³/mol. The molecule has 3 nitrogen and oxygen atoms in total. The molecule has 1 atom stereocenters. The van der Waals surface area contributed by atoms with Crippen LogP contribution in [0.2, 0.25) is 0 Å². The Balaban J connectivity index is 2.14. The van der Waals surface area contributed by atoms with Gasteiger partial charge in [0.05, 0.1) is 11.4 Å². The van der Waals surface area contributed by atoms with Gasteiger partial charge in [0.2, 0.25) is 0 Å². The predicted octanol–water partition coefficient (Wildman–Crippen LogP) is 1.47. The first-order chi connectivity index (χ1) is 6.77. The van der Waals surface area contributed by atoms with Gasteiger partial charge >= 0.3 is 0 Å². The van der Waals surface area contributed by atoms with E-state index in [0.717, 1.165) is 18.8 Å². The first kappa shape index (κ1) is 9.46. The van der Waals surface area contributed by atoms with Crippen LogP contribution >= 0.6 is 0 Å². The summed E-state index contributed by atoms with van der Waals surface area (Å²) in [5.74, 6) is 0. The lowest BCUT2D eigenvalue weighted by Crippen LogP contribution is -2.23. The molecule has 1 fully saturated rings. The molecule has 14 heavy (non-hydrogen) atoms. The maximum atomic E-state index is 4.30. The standard InChI is InChI=1S/C11H17N3/c1-8-3-6-13-9(2)11(8)14-10-4-5-12-7-10/h3,6,10,12,14H,4-5,7H2,1-2H3. The van der Waals surface area contributed by atoms with Crippen LogP contribution in [0.1, 0.15) is 17.7 Å². The molecule has 2 rings (SSSR count). The van der Waals surface area contributed by atoms with Crippen LogP contribution in [0.5, 0.6) is 0 Å². The van der Waals surface area contributed by atoms with Crippen LogP contribution in [-0.2, 0) is 0 Å². The van der Waals surface area contributed by atoms with Crippen molar-refractivity contribution in [3.8, 4) is 0 Å². The van der Waals surface area contributed by atoms with Crippen molar-refractivity contribution in [2.24, 2.45) is 0 Å². The number of hydrogen-bond donors (Lipinski definition) is 2. The van der Waals surface area contributed by atoms with Gasteiger partial charge in [-0.3, -0.25) is 4.98 Å². The van der Waals surface area contributed by atoms with Crippen molar-refractivity contribution in [1.29, 1.82) is 0 Å². The van der Waals surface area contributed by atoms with Gasteiger partial charge in [-0.15, -0.1) is 0 Å². The molecule has 76 valence electrons. The number of aromatic nitrogens is 1. The van der Waals surface area contributed by atoms with Crippen molar-refractivity contribution in [1.82, 2.24) is 10.3 Å². The highest BCUT2D eigenvalue weighted by Crippen LogP contribution is 2.19. The Morgan fingerprint density at radius 2 is 2.36 bits per heavy atom. The summed E-state index contributed by atoms with van der Waals surface area (Å²) in [6, 6.07) is 2.62. The van der Waals surface area contributed by atoms with Gasteiger partial charge < -0.3 is 10.6 Å². The summed E-state index contributed by atoms with van der Waals surface area (Å²) in [4.78, 5) is 4.30. The maximum Gasteiger partial charge on any atom is 0.0606 e. The minimum absolute atomic E-state index is 0.566. The van der Waals surface area contributed by atoms with Crippen molar-refractivity contribution < 1.29 is 0 Å². The van der Waals surface area contributed by atoms with Gasteiger partial charge in [0, 0.05) is 18.8 Å². The minimum Gasteiger partial charge on any atom is -0.379 e. The van der Waals surface area contributed by atoms with E-state index in [2.05, 4.69) is 35.5 Å². The SMILES string of the molecule is Cc1ccnc(C)c1NC1CCNC1. The molecule has 0 aliphatic carbocycles. The molecule has 0 amide bonds.